The number of aliphatic hydroxyl groups excluding tert-OH is 1. The van der Waals surface area contributed by atoms with E-state index < -0.39 is 0 Å². The summed E-state index contributed by atoms with van der Waals surface area (Å²) >= 11 is 0. The van der Waals surface area contributed by atoms with Crippen molar-refractivity contribution in [2.45, 2.75) is 117 Å². The van der Waals surface area contributed by atoms with Crippen LogP contribution in [0.15, 0.2) is 23.0 Å². The van der Waals surface area contributed by atoms with Crippen LogP contribution in [0.25, 0.3) is 0 Å². The quantitative estimate of drug-likeness (QED) is 0.422. The highest BCUT2D eigenvalue weighted by atomic mass is 16.5. The van der Waals surface area contributed by atoms with E-state index >= 15 is 0 Å². The monoisotopic (exact) mass is 483 g/mol. The number of ether oxygens (including phenoxy) is 1. The molecule has 3 saturated carbocycles. The van der Waals surface area contributed by atoms with E-state index in [4.69, 9.17) is 4.74 Å². The molecular formula is C31H49NO3. The molecule has 196 valence electrons. The zero-order chi connectivity index (χ0) is 25.2. The molecule has 0 bridgehead atoms. The van der Waals surface area contributed by atoms with E-state index in [2.05, 4.69) is 46.0 Å². The van der Waals surface area contributed by atoms with Crippen LogP contribution in [-0.2, 0) is 9.53 Å². The smallest absolute Gasteiger partial charge is 0.216 e. The Morgan fingerprint density at radius 3 is 2.74 bits per heavy atom. The van der Waals surface area contributed by atoms with Crippen LogP contribution in [0.2, 0.25) is 0 Å². The molecule has 3 fully saturated rings. The van der Waals surface area contributed by atoms with Crippen molar-refractivity contribution in [3.05, 3.63) is 23.0 Å². The highest BCUT2D eigenvalue weighted by Crippen LogP contribution is 2.72. The molecule has 0 spiro atoms. The Hall–Kier alpha value is -1.29. The van der Waals surface area contributed by atoms with Crippen molar-refractivity contribution in [1.29, 1.82) is 0 Å². The summed E-state index contributed by atoms with van der Waals surface area (Å²) in [5, 5.41) is 13.3. The molecule has 4 heteroatoms. The zero-order valence-corrected chi connectivity index (χ0v) is 23.1. The summed E-state index contributed by atoms with van der Waals surface area (Å²) in [5.74, 6) is 4.55. The minimum absolute atomic E-state index is 0.0255. The molecular weight excluding hydrogens is 434 g/mol. The fourth-order valence-electron chi connectivity index (χ4n) is 9.77. The fraction of sp³-hybridized carbons (Fsp3) is 0.839. The summed E-state index contributed by atoms with van der Waals surface area (Å²) in [6.45, 7) is 14.4. The van der Waals surface area contributed by atoms with Crippen molar-refractivity contribution < 1.29 is 14.6 Å². The molecule has 4 aliphatic carbocycles. The third kappa shape index (κ3) is 3.92. The van der Waals surface area contributed by atoms with Crippen molar-refractivity contribution in [2.24, 2.45) is 40.4 Å². The van der Waals surface area contributed by atoms with E-state index in [1.807, 2.05) is 0 Å². The number of aliphatic hydroxyl groups is 1. The van der Waals surface area contributed by atoms with Crippen LogP contribution in [0.4, 0.5) is 0 Å². The lowest BCUT2D eigenvalue weighted by Gasteiger charge is -2.57. The average Bonchev–Trinajstić information content (AvgIpc) is 3.25. The maximum Gasteiger partial charge on any atom is 0.216 e. The molecule has 0 aromatic rings. The molecule has 35 heavy (non-hydrogen) atoms. The molecule has 0 aromatic heterocycles. The van der Waals surface area contributed by atoms with Gasteiger partial charge in [0.05, 0.1) is 11.9 Å². The molecule has 1 aliphatic heterocycles. The van der Waals surface area contributed by atoms with E-state index in [9.17, 15) is 9.90 Å². The maximum absolute atomic E-state index is 11.3. The third-order valence-corrected chi connectivity index (χ3v) is 11.6. The molecule has 0 aromatic carbocycles. The Labute approximate surface area is 213 Å². The van der Waals surface area contributed by atoms with Crippen molar-refractivity contribution in [1.82, 2.24) is 5.32 Å². The van der Waals surface area contributed by atoms with E-state index in [-0.39, 0.29) is 17.6 Å². The van der Waals surface area contributed by atoms with Crippen LogP contribution in [-0.4, -0.2) is 29.3 Å². The second kappa shape index (κ2) is 8.92. The van der Waals surface area contributed by atoms with Crippen LogP contribution in [0.3, 0.4) is 0 Å². The van der Waals surface area contributed by atoms with Gasteiger partial charge in [-0.1, -0.05) is 39.3 Å². The van der Waals surface area contributed by atoms with Crippen molar-refractivity contribution in [3.8, 4) is 0 Å². The topological polar surface area (TPSA) is 58.6 Å². The largest absolute Gasteiger partial charge is 0.491 e. The Kier molecular flexibility index (Phi) is 6.47. The van der Waals surface area contributed by atoms with Gasteiger partial charge in [0.15, 0.2) is 0 Å². The number of fused-ring (bicyclic) bond motifs is 7. The molecule has 1 amide bonds. The molecule has 0 saturated heterocycles. The lowest BCUT2D eigenvalue weighted by molar-refractivity contribution is -0.119. The first-order chi connectivity index (χ1) is 16.5. The molecule has 5 aliphatic rings. The Morgan fingerprint density at radius 2 is 2.03 bits per heavy atom. The first-order valence-electron chi connectivity index (χ1n) is 14.5. The summed E-state index contributed by atoms with van der Waals surface area (Å²) in [6.07, 6.45) is 13.6. The SMILES string of the molecule is CC[C@@]12C[C@@H]3[C@@H]4CC=C5C[C@H](O)CC[C@]5(C)[C@@H]4CC[C@]3(C)[C@@H]1C(C)=C(CC[C@@H](C)CNC(C)=O)O2. The van der Waals surface area contributed by atoms with Crippen LogP contribution in [0.5, 0.6) is 0 Å². The van der Waals surface area contributed by atoms with Crippen LogP contribution < -0.4 is 5.32 Å². The van der Waals surface area contributed by atoms with Gasteiger partial charge in [-0.25, -0.2) is 0 Å². The highest BCUT2D eigenvalue weighted by molar-refractivity contribution is 5.72. The first kappa shape index (κ1) is 25.4. The van der Waals surface area contributed by atoms with Crippen LogP contribution in [0.1, 0.15) is 106 Å². The predicted octanol–water partition coefficient (Wildman–Crippen LogP) is 6.54. The number of carbonyl (C=O) groups is 1. The lowest BCUT2D eigenvalue weighted by atomic mass is 9.47. The van der Waals surface area contributed by atoms with Crippen molar-refractivity contribution in [2.75, 3.05) is 6.54 Å². The number of allylic oxidation sites excluding steroid dienone is 2. The zero-order valence-electron chi connectivity index (χ0n) is 23.1. The summed E-state index contributed by atoms with van der Waals surface area (Å²) in [5.41, 5.74) is 3.68. The van der Waals surface area contributed by atoms with Crippen LogP contribution in [0, 0.1) is 40.4 Å². The van der Waals surface area contributed by atoms with Gasteiger partial charge in [-0.05, 0) is 105 Å². The number of amides is 1. The van der Waals surface area contributed by atoms with Crippen LogP contribution >= 0.6 is 0 Å². The highest BCUT2D eigenvalue weighted by Gasteiger charge is 2.68. The number of hydrogen-bond acceptors (Lipinski definition) is 3. The maximum atomic E-state index is 11.3. The van der Waals surface area contributed by atoms with Gasteiger partial charge < -0.3 is 15.2 Å². The molecule has 4 nitrogen and oxygen atoms in total. The average molecular weight is 484 g/mol. The predicted molar refractivity (Wildman–Crippen MR) is 140 cm³/mol. The van der Waals surface area contributed by atoms with Gasteiger partial charge in [0, 0.05) is 25.8 Å². The number of nitrogens with one attached hydrogen (secondary N) is 1. The van der Waals surface area contributed by atoms with Crippen molar-refractivity contribution in [3.63, 3.8) is 0 Å². The third-order valence-electron chi connectivity index (χ3n) is 11.6. The molecule has 9 atom stereocenters. The second-order valence-corrected chi connectivity index (χ2v) is 13.5. The van der Waals surface area contributed by atoms with Gasteiger partial charge >= 0.3 is 0 Å². The number of hydrogen-bond donors (Lipinski definition) is 2. The van der Waals surface area contributed by atoms with Gasteiger partial charge in [-0.2, -0.15) is 0 Å². The minimum atomic E-state index is -0.130. The Balaban J connectivity index is 1.37. The van der Waals surface area contributed by atoms with Gasteiger partial charge in [-0.15, -0.1) is 0 Å². The molecule has 2 N–H and O–H groups in total. The Morgan fingerprint density at radius 1 is 1.26 bits per heavy atom. The molecule has 1 heterocycles. The van der Waals surface area contributed by atoms with Gasteiger partial charge in [0.25, 0.3) is 0 Å². The molecule has 5 rings (SSSR count). The summed E-state index contributed by atoms with van der Waals surface area (Å²) in [4.78, 5) is 11.3. The van der Waals surface area contributed by atoms with Gasteiger partial charge in [0.1, 0.15) is 5.60 Å². The van der Waals surface area contributed by atoms with E-state index in [0.717, 1.165) is 62.8 Å². The van der Waals surface area contributed by atoms with E-state index in [1.54, 1.807) is 12.5 Å². The van der Waals surface area contributed by atoms with Gasteiger partial charge in [0.2, 0.25) is 5.91 Å². The standard InChI is InChI=1S/C31H49NO3/c1-7-31-17-26-24-10-9-22-16-23(34)12-14-29(22,5)25(24)13-15-30(26,6)28(31)20(3)27(35-31)11-8-19(2)18-32-21(4)33/h9,19,23-26,28,34H,7-8,10-18H2,1-6H3,(H,32,33)/t19-,23-,24-,25-,26-,28+,29+,30+,31-/m1/s1. The van der Waals surface area contributed by atoms with Crippen molar-refractivity contribution >= 4 is 5.91 Å². The van der Waals surface area contributed by atoms with Gasteiger partial charge in [-0.3, -0.25) is 4.79 Å². The fourth-order valence-corrected chi connectivity index (χ4v) is 9.77. The number of rotatable bonds is 6. The summed E-state index contributed by atoms with van der Waals surface area (Å²) in [6, 6.07) is 0. The lowest BCUT2D eigenvalue weighted by Crippen LogP contribution is -2.50. The molecule has 0 radical (unpaired) electrons. The summed E-state index contributed by atoms with van der Waals surface area (Å²) < 4.78 is 7.04. The Bertz CT molecular complexity index is 922. The second-order valence-electron chi connectivity index (χ2n) is 13.5. The van der Waals surface area contributed by atoms with E-state index in [1.165, 1.54) is 37.0 Å². The van der Waals surface area contributed by atoms with E-state index in [0.29, 0.717) is 22.7 Å². The normalized spacial score (nSPS) is 45.0. The minimum Gasteiger partial charge on any atom is -0.491 e. The first-order valence-corrected chi connectivity index (χ1v) is 14.5. The number of carbonyl (C=O) groups excluding carboxylic acids is 1. The summed E-state index contributed by atoms with van der Waals surface area (Å²) in [7, 11) is 0. The molecule has 0 unspecified atom stereocenters.